The van der Waals surface area contributed by atoms with Gasteiger partial charge in [0, 0.05) is 0 Å². The van der Waals surface area contributed by atoms with Crippen molar-refractivity contribution in [2.45, 2.75) is 18.8 Å². The number of hydrogen-bond donors (Lipinski definition) is 4. The molecule has 15 heavy (non-hydrogen) atoms. The van der Waals surface area contributed by atoms with E-state index in [4.69, 9.17) is 10.8 Å². The number of carboxylic acid groups (broad SMARTS) is 1. The lowest BCUT2D eigenvalue weighted by Gasteiger charge is -2.24. The number of aliphatic carboxylic acids is 1. The van der Waals surface area contributed by atoms with Gasteiger partial charge in [0.05, 0.1) is 0 Å². The van der Waals surface area contributed by atoms with Crippen molar-refractivity contribution in [3.63, 3.8) is 0 Å². The third kappa shape index (κ3) is 2.33. The minimum absolute atomic E-state index is 0.257. The van der Waals surface area contributed by atoms with Gasteiger partial charge in [0.15, 0.2) is 0 Å². The highest BCUT2D eigenvalue weighted by Crippen LogP contribution is 2.22. The molecule has 5 nitrogen and oxygen atoms in total. The summed E-state index contributed by atoms with van der Waals surface area (Å²) >= 11 is 0. The lowest BCUT2D eigenvalue weighted by atomic mass is 9.99. The Labute approximate surface area is 86.8 Å². The van der Waals surface area contributed by atoms with Crippen molar-refractivity contribution in [3.05, 3.63) is 35.4 Å². The third-order valence-corrected chi connectivity index (χ3v) is 2.15. The second-order valence-electron chi connectivity index (χ2n) is 3.44. The molecule has 0 unspecified atom stereocenters. The summed E-state index contributed by atoms with van der Waals surface area (Å²) in [7, 11) is 0. The second-order valence-corrected chi connectivity index (χ2v) is 3.44. The first kappa shape index (κ1) is 11.6. The maximum absolute atomic E-state index is 10.6. The van der Waals surface area contributed by atoms with Gasteiger partial charge in [-0.2, -0.15) is 0 Å². The van der Waals surface area contributed by atoms with Crippen LogP contribution in [0.15, 0.2) is 24.3 Å². The first-order chi connectivity index (χ1) is 6.85. The summed E-state index contributed by atoms with van der Waals surface area (Å²) in [6, 6.07) is 6.41. The van der Waals surface area contributed by atoms with Gasteiger partial charge in [0.2, 0.25) is 5.72 Å². The van der Waals surface area contributed by atoms with Gasteiger partial charge in [-0.25, -0.2) is 4.79 Å². The van der Waals surface area contributed by atoms with E-state index < -0.39 is 17.8 Å². The lowest BCUT2D eigenvalue weighted by Crippen LogP contribution is -2.52. The summed E-state index contributed by atoms with van der Waals surface area (Å²) in [5.74, 6) is -1.67. The first-order valence-corrected chi connectivity index (χ1v) is 4.35. The van der Waals surface area contributed by atoms with Gasteiger partial charge in [0.1, 0.15) is 6.10 Å². The van der Waals surface area contributed by atoms with Gasteiger partial charge >= 0.3 is 5.97 Å². The van der Waals surface area contributed by atoms with Crippen LogP contribution < -0.4 is 5.73 Å². The molecule has 1 rings (SSSR count). The van der Waals surface area contributed by atoms with Crippen molar-refractivity contribution in [2.24, 2.45) is 5.73 Å². The maximum Gasteiger partial charge on any atom is 0.354 e. The molecule has 5 N–H and O–H groups in total. The molecule has 1 aromatic rings. The van der Waals surface area contributed by atoms with Crippen molar-refractivity contribution in [2.75, 3.05) is 0 Å². The van der Waals surface area contributed by atoms with Crippen LogP contribution in [-0.2, 0) is 4.79 Å². The molecule has 1 aromatic carbocycles. The number of aliphatic hydroxyl groups excluding tert-OH is 1. The summed E-state index contributed by atoms with van der Waals surface area (Å²) in [5.41, 5.74) is 3.63. The van der Waals surface area contributed by atoms with E-state index in [1.54, 1.807) is 12.1 Å². The Morgan fingerprint density at radius 2 is 1.87 bits per heavy atom. The fourth-order valence-electron chi connectivity index (χ4n) is 1.12. The Balaban J connectivity index is 2.99. The second kappa shape index (κ2) is 3.98. The average molecular weight is 211 g/mol. The van der Waals surface area contributed by atoms with Gasteiger partial charge in [-0.05, 0) is 12.5 Å². The third-order valence-electron chi connectivity index (χ3n) is 2.15. The molecule has 0 aromatic heterocycles. The van der Waals surface area contributed by atoms with E-state index in [1.165, 1.54) is 12.1 Å². The Kier molecular flexibility index (Phi) is 3.09. The van der Waals surface area contributed by atoms with Gasteiger partial charge in [0.25, 0.3) is 0 Å². The zero-order valence-corrected chi connectivity index (χ0v) is 8.21. The van der Waals surface area contributed by atoms with Crippen LogP contribution in [0.2, 0.25) is 0 Å². The normalized spacial score (nSPS) is 16.8. The van der Waals surface area contributed by atoms with Crippen molar-refractivity contribution >= 4 is 5.97 Å². The van der Waals surface area contributed by atoms with Crippen LogP contribution in [0.1, 0.15) is 17.2 Å². The summed E-state index contributed by atoms with van der Waals surface area (Å²) in [6.07, 6.45) is -1.66. The van der Waals surface area contributed by atoms with Gasteiger partial charge in [-0.15, -0.1) is 0 Å². The topological polar surface area (TPSA) is 104 Å². The van der Waals surface area contributed by atoms with Gasteiger partial charge in [-0.3, -0.25) is 5.73 Å². The summed E-state index contributed by atoms with van der Waals surface area (Å²) in [5, 5.41) is 27.5. The summed E-state index contributed by atoms with van der Waals surface area (Å²) < 4.78 is 0. The lowest BCUT2D eigenvalue weighted by molar-refractivity contribution is -0.171. The fourth-order valence-corrected chi connectivity index (χ4v) is 1.12. The fraction of sp³-hybridized carbons (Fsp3) is 0.300. The van der Waals surface area contributed by atoms with Crippen molar-refractivity contribution in [1.82, 2.24) is 0 Å². The monoisotopic (exact) mass is 211 g/mol. The van der Waals surface area contributed by atoms with Crippen LogP contribution in [0.4, 0.5) is 0 Å². The molecule has 0 aliphatic carbocycles. The molecule has 2 atom stereocenters. The largest absolute Gasteiger partial charge is 0.478 e. The van der Waals surface area contributed by atoms with Crippen LogP contribution in [-0.4, -0.2) is 27.0 Å². The summed E-state index contributed by atoms with van der Waals surface area (Å²) in [4.78, 5) is 10.6. The molecule has 5 heteroatoms. The number of hydrogen-bond acceptors (Lipinski definition) is 4. The zero-order valence-electron chi connectivity index (χ0n) is 8.21. The number of nitrogens with two attached hydrogens (primary N) is 1. The van der Waals surface area contributed by atoms with Crippen LogP contribution in [0.25, 0.3) is 0 Å². The zero-order chi connectivity index (χ0) is 11.6. The van der Waals surface area contributed by atoms with Crippen LogP contribution >= 0.6 is 0 Å². The van der Waals surface area contributed by atoms with E-state index in [-0.39, 0.29) is 5.56 Å². The molecule has 0 saturated carbocycles. The predicted molar refractivity (Wildman–Crippen MR) is 52.9 cm³/mol. The standard InChI is InChI=1S/C10H13NO4/c1-6-2-4-7(5-3-6)8(12)10(11,15)9(13)14/h2-5,8,12,15H,11H2,1H3,(H,13,14)/t8-,10-/m1/s1. The van der Waals surface area contributed by atoms with Gasteiger partial charge in [-0.1, -0.05) is 29.8 Å². The quantitative estimate of drug-likeness (QED) is 0.516. The van der Waals surface area contributed by atoms with E-state index in [2.05, 4.69) is 0 Å². The van der Waals surface area contributed by atoms with E-state index in [0.29, 0.717) is 0 Å². The van der Waals surface area contributed by atoms with Crippen molar-refractivity contribution in [1.29, 1.82) is 0 Å². The Hall–Kier alpha value is -1.43. The number of aliphatic hydroxyl groups is 2. The molecule has 0 fully saturated rings. The number of rotatable bonds is 3. The maximum atomic E-state index is 10.6. The molecule has 0 amide bonds. The highest BCUT2D eigenvalue weighted by molar-refractivity contribution is 5.77. The van der Waals surface area contributed by atoms with E-state index in [1.807, 2.05) is 6.92 Å². The highest BCUT2D eigenvalue weighted by atomic mass is 16.4. The number of benzene rings is 1. The average Bonchev–Trinajstić information content (AvgIpc) is 2.17. The van der Waals surface area contributed by atoms with Crippen LogP contribution in [0.3, 0.4) is 0 Å². The van der Waals surface area contributed by atoms with Crippen molar-refractivity contribution in [3.8, 4) is 0 Å². The molecule has 82 valence electrons. The predicted octanol–water partition coefficient (Wildman–Crippen LogP) is -0.240. The molecule has 0 bridgehead atoms. The van der Waals surface area contributed by atoms with E-state index in [0.717, 1.165) is 5.56 Å². The number of aryl methyl sites for hydroxylation is 1. The molecular formula is C10H13NO4. The van der Waals surface area contributed by atoms with Crippen LogP contribution in [0, 0.1) is 6.92 Å². The molecule has 0 radical (unpaired) electrons. The SMILES string of the molecule is Cc1ccc([C@@H](O)[C@@](N)(O)C(=O)O)cc1. The molecule has 0 heterocycles. The van der Waals surface area contributed by atoms with Gasteiger partial charge < -0.3 is 15.3 Å². The molecule has 0 spiro atoms. The minimum atomic E-state index is -2.67. The van der Waals surface area contributed by atoms with Crippen LogP contribution in [0.5, 0.6) is 0 Å². The molecular weight excluding hydrogens is 198 g/mol. The Morgan fingerprint density at radius 1 is 1.40 bits per heavy atom. The number of carbonyl (C=O) groups is 1. The highest BCUT2D eigenvalue weighted by Gasteiger charge is 2.40. The smallest absolute Gasteiger partial charge is 0.354 e. The van der Waals surface area contributed by atoms with Crippen molar-refractivity contribution < 1.29 is 20.1 Å². The minimum Gasteiger partial charge on any atom is -0.478 e. The molecule has 0 saturated heterocycles. The van der Waals surface area contributed by atoms with E-state index in [9.17, 15) is 15.0 Å². The summed E-state index contributed by atoms with van der Waals surface area (Å²) in [6.45, 7) is 1.85. The Bertz CT molecular complexity index is 358. The molecule has 0 aliphatic heterocycles. The molecule has 0 aliphatic rings. The Morgan fingerprint density at radius 3 is 2.27 bits per heavy atom. The van der Waals surface area contributed by atoms with E-state index >= 15 is 0 Å². The number of carboxylic acids is 1. The first-order valence-electron chi connectivity index (χ1n) is 4.35.